The third kappa shape index (κ3) is 4.69. The highest BCUT2D eigenvalue weighted by Gasteiger charge is 2.26. The minimum absolute atomic E-state index is 0.367. The van der Waals surface area contributed by atoms with Crippen molar-refractivity contribution < 1.29 is 14.6 Å². The first-order chi connectivity index (χ1) is 16.3. The quantitative estimate of drug-likeness (QED) is 0.413. The largest absolute Gasteiger partial charge is 0.481 e. The molecule has 176 valence electrons. The summed E-state index contributed by atoms with van der Waals surface area (Å²) in [4.78, 5) is 23.5. The molecule has 0 saturated carbocycles. The number of aliphatic hydroxyl groups excluding tert-OH is 1. The van der Waals surface area contributed by atoms with Crippen LogP contribution >= 0.6 is 11.6 Å². The summed E-state index contributed by atoms with van der Waals surface area (Å²) in [6.45, 7) is 2.36. The van der Waals surface area contributed by atoms with E-state index in [2.05, 4.69) is 15.3 Å². The number of hydrogen-bond donors (Lipinski definition) is 2. The number of carbonyl (C=O) groups is 1. The molecule has 2 N–H and O–H groups in total. The number of rotatable bonds is 7. The van der Waals surface area contributed by atoms with Gasteiger partial charge in [0.15, 0.2) is 6.10 Å². The number of nitrogens with zero attached hydrogens (tertiary/aromatic N) is 4. The van der Waals surface area contributed by atoms with E-state index >= 15 is 0 Å². The molecule has 1 unspecified atom stereocenters. The number of methoxy groups -OCH3 is 1. The van der Waals surface area contributed by atoms with Gasteiger partial charge in [0.2, 0.25) is 5.88 Å². The van der Waals surface area contributed by atoms with Gasteiger partial charge in [0.1, 0.15) is 0 Å². The number of benzene rings is 1. The number of anilines is 2. The minimum Gasteiger partial charge on any atom is -0.481 e. The number of aromatic nitrogens is 3. The standard InChI is InChI=1S/C25H26ClN5O3/c1-15-23(24(32)25(33)29-17-9-10-27-22(11-17)34-4)20-12-19(30(2)3)7-8-21(20)31(15)14-18-6-5-16(26)13-28-18/h5-13,24,32H,14H2,1-4H3,(H,27,29,33). The fraction of sp³-hybridized carbons (Fsp3) is 0.240. The van der Waals surface area contributed by atoms with Crippen LogP contribution in [0, 0.1) is 6.92 Å². The molecule has 34 heavy (non-hydrogen) atoms. The van der Waals surface area contributed by atoms with E-state index in [1.807, 2.05) is 54.8 Å². The lowest BCUT2D eigenvalue weighted by Gasteiger charge is -2.15. The Labute approximate surface area is 202 Å². The molecular formula is C25H26ClN5O3. The van der Waals surface area contributed by atoms with E-state index in [-0.39, 0.29) is 0 Å². The van der Waals surface area contributed by atoms with Gasteiger partial charge in [-0.25, -0.2) is 4.98 Å². The summed E-state index contributed by atoms with van der Waals surface area (Å²) in [6, 6.07) is 12.9. The Bertz CT molecular complexity index is 1330. The van der Waals surface area contributed by atoms with Gasteiger partial charge in [-0.2, -0.15) is 0 Å². The Morgan fingerprint density at radius 3 is 2.68 bits per heavy atom. The van der Waals surface area contributed by atoms with Crippen LogP contribution in [0.5, 0.6) is 5.88 Å². The molecular weight excluding hydrogens is 454 g/mol. The Balaban J connectivity index is 1.76. The molecule has 0 aliphatic heterocycles. The van der Waals surface area contributed by atoms with E-state index in [9.17, 15) is 9.90 Å². The fourth-order valence-corrected chi connectivity index (χ4v) is 4.04. The van der Waals surface area contributed by atoms with Crippen LogP contribution in [0.2, 0.25) is 5.02 Å². The van der Waals surface area contributed by atoms with Gasteiger partial charge >= 0.3 is 0 Å². The van der Waals surface area contributed by atoms with E-state index in [1.54, 1.807) is 24.4 Å². The van der Waals surface area contributed by atoms with Crippen molar-refractivity contribution in [1.82, 2.24) is 14.5 Å². The zero-order valence-electron chi connectivity index (χ0n) is 19.4. The van der Waals surface area contributed by atoms with Crippen molar-refractivity contribution in [1.29, 1.82) is 0 Å². The molecule has 0 aliphatic carbocycles. The predicted octanol–water partition coefficient (Wildman–Crippen LogP) is 4.19. The van der Waals surface area contributed by atoms with Gasteiger partial charge in [-0.05, 0) is 43.3 Å². The number of halogens is 1. The van der Waals surface area contributed by atoms with E-state index in [4.69, 9.17) is 16.3 Å². The highest BCUT2D eigenvalue weighted by molar-refractivity contribution is 6.30. The van der Waals surface area contributed by atoms with Gasteiger partial charge in [-0.1, -0.05) is 11.6 Å². The molecule has 4 aromatic rings. The average molecular weight is 480 g/mol. The second-order valence-electron chi connectivity index (χ2n) is 8.13. The van der Waals surface area contributed by atoms with Crippen LogP contribution in [0.25, 0.3) is 10.9 Å². The first-order valence-electron chi connectivity index (χ1n) is 10.7. The van der Waals surface area contributed by atoms with Gasteiger partial charge in [0.05, 0.1) is 24.4 Å². The molecule has 1 aromatic carbocycles. The van der Waals surface area contributed by atoms with E-state index in [0.717, 1.165) is 28.0 Å². The minimum atomic E-state index is -1.39. The number of carbonyl (C=O) groups excluding carboxylic acids is 1. The molecule has 4 rings (SSSR count). The van der Waals surface area contributed by atoms with Crippen LogP contribution in [-0.4, -0.2) is 46.8 Å². The number of nitrogens with one attached hydrogen (secondary N) is 1. The summed E-state index contributed by atoms with van der Waals surface area (Å²) in [5.74, 6) is -0.179. The maximum absolute atomic E-state index is 13.1. The van der Waals surface area contributed by atoms with Crippen molar-refractivity contribution in [2.24, 2.45) is 0 Å². The van der Waals surface area contributed by atoms with Crippen LogP contribution in [0.3, 0.4) is 0 Å². The fourth-order valence-electron chi connectivity index (χ4n) is 3.93. The summed E-state index contributed by atoms with van der Waals surface area (Å²) >= 11 is 5.99. The monoisotopic (exact) mass is 479 g/mol. The smallest absolute Gasteiger partial charge is 0.257 e. The normalized spacial score (nSPS) is 11.9. The molecule has 3 aromatic heterocycles. The molecule has 0 spiro atoms. The lowest BCUT2D eigenvalue weighted by Crippen LogP contribution is -2.21. The molecule has 3 heterocycles. The zero-order chi connectivity index (χ0) is 24.4. The van der Waals surface area contributed by atoms with Crippen molar-refractivity contribution in [3.63, 3.8) is 0 Å². The molecule has 8 nitrogen and oxygen atoms in total. The van der Waals surface area contributed by atoms with E-state index in [1.165, 1.54) is 13.3 Å². The maximum Gasteiger partial charge on any atom is 0.257 e. The van der Waals surface area contributed by atoms with Crippen LogP contribution in [0.1, 0.15) is 23.1 Å². The Morgan fingerprint density at radius 2 is 2.00 bits per heavy atom. The summed E-state index contributed by atoms with van der Waals surface area (Å²) < 4.78 is 7.16. The molecule has 9 heteroatoms. The number of fused-ring (bicyclic) bond motifs is 1. The molecule has 0 saturated heterocycles. The summed E-state index contributed by atoms with van der Waals surface area (Å²) in [7, 11) is 5.39. The molecule has 1 atom stereocenters. The number of hydrogen-bond acceptors (Lipinski definition) is 6. The van der Waals surface area contributed by atoms with Gasteiger partial charge in [-0.3, -0.25) is 9.78 Å². The highest BCUT2D eigenvalue weighted by atomic mass is 35.5. The first kappa shape index (κ1) is 23.5. The second-order valence-corrected chi connectivity index (χ2v) is 8.56. The Hall–Kier alpha value is -3.62. The number of pyridine rings is 2. The van der Waals surface area contributed by atoms with Crippen molar-refractivity contribution in [2.45, 2.75) is 19.6 Å². The lowest BCUT2D eigenvalue weighted by molar-refractivity contribution is -0.124. The van der Waals surface area contributed by atoms with Crippen molar-refractivity contribution in [3.8, 4) is 5.88 Å². The third-order valence-corrected chi connectivity index (χ3v) is 5.94. The molecule has 0 bridgehead atoms. The van der Waals surface area contributed by atoms with Crippen molar-refractivity contribution in [3.05, 3.63) is 76.8 Å². The SMILES string of the molecule is COc1cc(NC(=O)C(O)c2c(C)n(Cc3ccc(Cl)cn3)c3ccc(N(C)C)cc23)ccn1. The zero-order valence-corrected chi connectivity index (χ0v) is 20.2. The Kier molecular flexibility index (Phi) is 6.72. The number of ether oxygens (including phenoxy) is 1. The summed E-state index contributed by atoms with van der Waals surface area (Å²) in [6.07, 6.45) is 1.74. The van der Waals surface area contributed by atoms with Gasteiger partial charge in [-0.15, -0.1) is 0 Å². The molecule has 1 amide bonds. The number of amides is 1. The summed E-state index contributed by atoms with van der Waals surface area (Å²) in [5, 5.41) is 15.3. The van der Waals surface area contributed by atoms with Crippen LogP contribution in [-0.2, 0) is 11.3 Å². The van der Waals surface area contributed by atoms with Gasteiger partial charge in [0, 0.05) is 66.1 Å². The van der Waals surface area contributed by atoms with Crippen molar-refractivity contribution >= 4 is 39.8 Å². The van der Waals surface area contributed by atoms with Crippen LogP contribution in [0.4, 0.5) is 11.4 Å². The predicted molar refractivity (Wildman–Crippen MR) is 134 cm³/mol. The first-order valence-corrected chi connectivity index (χ1v) is 11.1. The van der Waals surface area contributed by atoms with E-state index < -0.39 is 12.0 Å². The topological polar surface area (TPSA) is 92.5 Å². The third-order valence-electron chi connectivity index (χ3n) is 5.71. The van der Waals surface area contributed by atoms with Gasteiger partial charge in [0.25, 0.3) is 5.91 Å². The molecule has 0 aliphatic rings. The summed E-state index contributed by atoms with van der Waals surface area (Å²) in [5.41, 5.74) is 4.48. The highest BCUT2D eigenvalue weighted by Crippen LogP contribution is 2.34. The van der Waals surface area contributed by atoms with Crippen LogP contribution in [0.15, 0.2) is 54.9 Å². The lowest BCUT2D eigenvalue weighted by atomic mass is 10.0. The van der Waals surface area contributed by atoms with Crippen LogP contribution < -0.4 is 15.0 Å². The van der Waals surface area contributed by atoms with Crippen molar-refractivity contribution in [2.75, 3.05) is 31.4 Å². The molecule has 0 fully saturated rings. The van der Waals surface area contributed by atoms with Gasteiger partial charge < -0.3 is 24.6 Å². The Morgan fingerprint density at radius 1 is 1.21 bits per heavy atom. The maximum atomic E-state index is 13.1. The molecule has 0 radical (unpaired) electrons. The average Bonchev–Trinajstić information content (AvgIpc) is 3.10. The van der Waals surface area contributed by atoms with E-state index in [0.29, 0.717) is 28.7 Å². The second kappa shape index (κ2) is 9.70. The number of aliphatic hydroxyl groups is 1.